The lowest BCUT2D eigenvalue weighted by atomic mass is 10.1. The summed E-state index contributed by atoms with van der Waals surface area (Å²) in [6.45, 7) is 2.07. The molecule has 4 heteroatoms. The summed E-state index contributed by atoms with van der Waals surface area (Å²) in [5.41, 5.74) is 2.20. The van der Waals surface area contributed by atoms with Crippen LogP contribution in [0.1, 0.15) is 5.56 Å². The summed E-state index contributed by atoms with van der Waals surface area (Å²) in [6, 6.07) is 4.10. The van der Waals surface area contributed by atoms with E-state index in [4.69, 9.17) is 11.6 Å². The summed E-state index contributed by atoms with van der Waals surface area (Å²) in [4.78, 5) is 4.41. The third-order valence-corrected chi connectivity index (χ3v) is 4.83. The van der Waals surface area contributed by atoms with Crippen LogP contribution in [0.25, 0.3) is 10.9 Å². The highest BCUT2D eigenvalue weighted by Crippen LogP contribution is 2.30. The lowest BCUT2D eigenvalue weighted by Crippen LogP contribution is -1.89. The van der Waals surface area contributed by atoms with Crippen LogP contribution in [0.3, 0.4) is 0 Å². The van der Waals surface area contributed by atoms with Gasteiger partial charge in [0.05, 0.1) is 14.1 Å². The predicted molar refractivity (Wildman–Crippen MR) is 76.9 cm³/mol. The zero-order valence-corrected chi connectivity index (χ0v) is 12.4. The first-order valence-electron chi connectivity index (χ1n) is 4.00. The minimum Gasteiger partial charge on any atom is -0.255 e. The van der Waals surface area contributed by atoms with Crippen molar-refractivity contribution in [3.05, 3.63) is 36.1 Å². The summed E-state index contributed by atoms with van der Waals surface area (Å²) in [6.07, 6.45) is 1.81. The van der Waals surface area contributed by atoms with Crippen molar-refractivity contribution in [2.24, 2.45) is 0 Å². The molecule has 0 aliphatic heterocycles. The van der Waals surface area contributed by atoms with Gasteiger partial charge in [0.15, 0.2) is 0 Å². The summed E-state index contributed by atoms with van der Waals surface area (Å²) in [5.74, 6) is 0. The fourth-order valence-electron chi connectivity index (χ4n) is 1.33. The Balaban J connectivity index is 2.94. The molecule has 1 aromatic heterocycles. The first kappa shape index (κ1) is 10.9. The number of nitrogens with zero attached hydrogens (tertiary/aromatic N) is 1. The highest BCUT2D eigenvalue weighted by atomic mass is 127. The molecule has 0 spiro atoms. The first-order valence-corrected chi connectivity index (χ1v) is 6.53. The molecule has 0 amide bonds. The van der Waals surface area contributed by atoms with Gasteiger partial charge in [-0.05, 0) is 63.7 Å². The number of benzene rings is 1. The van der Waals surface area contributed by atoms with Gasteiger partial charge in [-0.15, -0.1) is 0 Å². The Morgan fingerprint density at radius 2 is 1.93 bits per heavy atom. The van der Waals surface area contributed by atoms with Crippen LogP contribution in [-0.4, -0.2) is 4.98 Å². The fraction of sp³-hybridized carbons (Fsp3) is 0.100. The average molecular weight is 429 g/mol. The van der Waals surface area contributed by atoms with Gasteiger partial charge < -0.3 is 0 Å². The standard InChI is InChI=1S/C10H6ClI2N/c1-5-7(12)3-2-6-9(11)8(13)4-14-10(5)6/h2-4H,1H3. The maximum atomic E-state index is 6.20. The highest BCUT2D eigenvalue weighted by molar-refractivity contribution is 14.1. The number of aryl methyl sites for hydroxylation is 1. The molecule has 0 radical (unpaired) electrons. The summed E-state index contributed by atoms with van der Waals surface area (Å²) >= 11 is 10.7. The average Bonchev–Trinajstić information content (AvgIpc) is 2.17. The topological polar surface area (TPSA) is 12.9 Å². The minimum absolute atomic E-state index is 0.801. The summed E-state index contributed by atoms with van der Waals surface area (Å²) in [7, 11) is 0. The molecule has 0 saturated carbocycles. The second kappa shape index (κ2) is 4.09. The van der Waals surface area contributed by atoms with Crippen LogP contribution in [0, 0.1) is 14.1 Å². The third kappa shape index (κ3) is 1.74. The SMILES string of the molecule is Cc1c(I)ccc2c(Cl)c(I)cnc12. The van der Waals surface area contributed by atoms with Crippen LogP contribution in [0.4, 0.5) is 0 Å². The van der Waals surface area contributed by atoms with Gasteiger partial charge in [0.1, 0.15) is 0 Å². The Hall–Kier alpha value is 0.380. The van der Waals surface area contributed by atoms with Crippen molar-refractivity contribution in [2.75, 3.05) is 0 Å². The number of halogens is 3. The number of aromatic nitrogens is 1. The van der Waals surface area contributed by atoms with Crippen molar-refractivity contribution in [1.29, 1.82) is 0 Å². The van der Waals surface area contributed by atoms with Crippen LogP contribution in [0.5, 0.6) is 0 Å². The molecule has 1 heterocycles. The van der Waals surface area contributed by atoms with Crippen LogP contribution in [0.2, 0.25) is 5.02 Å². The quantitative estimate of drug-likeness (QED) is 0.566. The maximum Gasteiger partial charge on any atom is 0.0757 e. The number of hydrogen-bond acceptors (Lipinski definition) is 1. The van der Waals surface area contributed by atoms with E-state index in [0.717, 1.165) is 19.5 Å². The first-order chi connectivity index (χ1) is 6.61. The molecule has 0 atom stereocenters. The van der Waals surface area contributed by atoms with Crippen molar-refractivity contribution in [2.45, 2.75) is 6.92 Å². The van der Waals surface area contributed by atoms with Crippen molar-refractivity contribution in [3.8, 4) is 0 Å². The molecule has 0 unspecified atom stereocenters. The van der Waals surface area contributed by atoms with E-state index in [1.807, 2.05) is 12.3 Å². The molecule has 0 bridgehead atoms. The lowest BCUT2D eigenvalue weighted by molar-refractivity contribution is 1.34. The van der Waals surface area contributed by atoms with E-state index >= 15 is 0 Å². The fourth-order valence-corrected chi connectivity index (χ4v) is 2.39. The van der Waals surface area contributed by atoms with Gasteiger partial charge in [-0.2, -0.15) is 0 Å². The molecule has 72 valence electrons. The Bertz CT molecular complexity index is 464. The van der Waals surface area contributed by atoms with Gasteiger partial charge >= 0.3 is 0 Å². The second-order valence-corrected chi connectivity index (χ2v) is 5.69. The normalized spacial score (nSPS) is 10.9. The van der Waals surface area contributed by atoms with E-state index in [1.54, 1.807) is 0 Å². The molecular formula is C10H6ClI2N. The molecule has 0 fully saturated rings. The van der Waals surface area contributed by atoms with Crippen LogP contribution < -0.4 is 0 Å². The number of fused-ring (bicyclic) bond motifs is 1. The monoisotopic (exact) mass is 429 g/mol. The van der Waals surface area contributed by atoms with E-state index in [-0.39, 0.29) is 0 Å². The smallest absolute Gasteiger partial charge is 0.0757 e. The largest absolute Gasteiger partial charge is 0.255 e. The molecule has 1 aromatic carbocycles. The lowest BCUT2D eigenvalue weighted by Gasteiger charge is -2.06. The number of pyridine rings is 1. The second-order valence-electron chi connectivity index (χ2n) is 2.99. The summed E-state index contributed by atoms with van der Waals surface area (Å²) < 4.78 is 2.22. The van der Waals surface area contributed by atoms with Crippen LogP contribution >= 0.6 is 56.8 Å². The molecule has 0 aliphatic carbocycles. The predicted octanol–water partition coefficient (Wildman–Crippen LogP) is 4.41. The summed E-state index contributed by atoms with van der Waals surface area (Å²) in [5, 5.41) is 1.84. The van der Waals surface area contributed by atoms with Crippen molar-refractivity contribution in [3.63, 3.8) is 0 Å². The third-order valence-electron chi connectivity index (χ3n) is 2.12. The zero-order valence-electron chi connectivity index (χ0n) is 7.31. The van der Waals surface area contributed by atoms with Crippen LogP contribution in [0.15, 0.2) is 18.3 Å². The zero-order chi connectivity index (χ0) is 10.3. The molecular weight excluding hydrogens is 423 g/mol. The Labute approximate surface area is 115 Å². The Morgan fingerprint density at radius 3 is 2.64 bits per heavy atom. The van der Waals surface area contributed by atoms with E-state index < -0.39 is 0 Å². The van der Waals surface area contributed by atoms with Gasteiger partial charge in [-0.1, -0.05) is 17.7 Å². The van der Waals surface area contributed by atoms with Gasteiger partial charge in [0.25, 0.3) is 0 Å². The molecule has 2 aromatic rings. The number of rotatable bonds is 0. The van der Waals surface area contributed by atoms with Crippen molar-refractivity contribution in [1.82, 2.24) is 4.98 Å². The van der Waals surface area contributed by atoms with E-state index in [2.05, 4.69) is 63.2 Å². The Kier molecular flexibility index (Phi) is 3.18. The van der Waals surface area contributed by atoms with Gasteiger partial charge in [0.2, 0.25) is 0 Å². The van der Waals surface area contributed by atoms with E-state index in [0.29, 0.717) is 0 Å². The van der Waals surface area contributed by atoms with Crippen molar-refractivity contribution >= 4 is 67.7 Å². The minimum atomic E-state index is 0.801. The van der Waals surface area contributed by atoms with Gasteiger partial charge in [0, 0.05) is 15.2 Å². The molecule has 0 N–H and O–H groups in total. The van der Waals surface area contributed by atoms with E-state index in [1.165, 1.54) is 9.13 Å². The molecule has 0 aliphatic rings. The molecule has 0 saturated heterocycles. The molecule has 1 nitrogen and oxygen atoms in total. The van der Waals surface area contributed by atoms with Crippen LogP contribution in [-0.2, 0) is 0 Å². The molecule has 14 heavy (non-hydrogen) atoms. The Morgan fingerprint density at radius 1 is 1.21 bits per heavy atom. The number of hydrogen-bond donors (Lipinski definition) is 0. The van der Waals surface area contributed by atoms with E-state index in [9.17, 15) is 0 Å². The van der Waals surface area contributed by atoms with Gasteiger partial charge in [-0.25, -0.2) is 0 Å². The maximum absolute atomic E-state index is 6.20. The molecule has 2 rings (SSSR count). The van der Waals surface area contributed by atoms with Crippen molar-refractivity contribution < 1.29 is 0 Å². The van der Waals surface area contributed by atoms with Gasteiger partial charge in [-0.3, -0.25) is 4.98 Å². The highest BCUT2D eigenvalue weighted by Gasteiger charge is 2.07.